The van der Waals surface area contributed by atoms with E-state index in [4.69, 9.17) is 11.6 Å². The average molecular weight is 316 g/mol. The maximum atomic E-state index is 12.1. The fraction of sp³-hybridized carbons (Fsp3) is 0.0714. The number of carbonyl (C=O) groups is 1. The van der Waals surface area contributed by atoms with Crippen molar-refractivity contribution >= 4 is 34.5 Å². The molecule has 0 saturated heterocycles. The third-order valence-corrected chi connectivity index (χ3v) is 3.21. The van der Waals surface area contributed by atoms with Gasteiger partial charge in [0.2, 0.25) is 11.9 Å². The summed E-state index contributed by atoms with van der Waals surface area (Å²) in [4.78, 5) is 38.1. The van der Waals surface area contributed by atoms with Crippen molar-refractivity contribution in [3.05, 3.63) is 45.8 Å². The maximum absolute atomic E-state index is 12.1. The molecule has 0 fully saturated rings. The van der Waals surface area contributed by atoms with Gasteiger partial charge in [0.15, 0.2) is 5.65 Å². The number of H-pyrrole nitrogens is 1. The molecule has 3 aromatic rings. The van der Waals surface area contributed by atoms with Crippen molar-refractivity contribution in [2.24, 2.45) is 0 Å². The van der Waals surface area contributed by atoms with Crippen LogP contribution in [0.25, 0.3) is 22.4 Å². The Morgan fingerprint density at radius 3 is 2.77 bits per heavy atom. The quantitative estimate of drug-likeness (QED) is 0.753. The lowest BCUT2D eigenvalue weighted by molar-refractivity contribution is -0.114. The maximum Gasteiger partial charge on any atom is 0.262 e. The van der Waals surface area contributed by atoms with E-state index >= 15 is 0 Å². The van der Waals surface area contributed by atoms with Gasteiger partial charge in [0.25, 0.3) is 5.56 Å². The van der Waals surface area contributed by atoms with Crippen LogP contribution >= 0.6 is 11.6 Å². The van der Waals surface area contributed by atoms with E-state index in [-0.39, 0.29) is 28.4 Å². The number of carbonyl (C=O) groups excluding carboxylic acids is 1. The SMILES string of the molecule is CC(=O)Nc1ncc2c(=O)[nH]c(-c3ccccc3Cl)nc2n1. The predicted octanol–water partition coefficient (Wildman–Crippen LogP) is 1.99. The Bertz CT molecular complexity index is 938. The second-order valence-corrected chi connectivity index (χ2v) is 4.91. The number of nitrogens with one attached hydrogen (secondary N) is 2. The van der Waals surface area contributed by atoms with Crippen molar-refractivity contribution < 1.29 is 4.79 Å². The van der Waals surface area contributed by atoms with Crippen LogP contribution < -0.4 is 10.9 Å². The van der Waals surface area contributed by atoms with Gasteiger partial charge in [0.05, 0.1) is 5.02 Å². The van der Waals surface area contributed by atoms with Gasteiger partial charge in [0.1, 0.15) is 11.2 Å². The minimum absolute atomic E-state index is 0.0863. The molecule has 0 unspecified atom stereocenters. The number of aromatic amines is 1. The van der Waals surface area contributed by atoms with Gasteiger partial charge in [0, 0.05) is 18.7 Å². The van der Waals surface area contributed by atoms with Gasteiger partial charge < -0.3 is 4.98 Å². The van der Waals surface area contributed by atoms with Crippen LogP contribution in [0, 0.1) is 0 Å². The Labute approximate surface area is 129 Å². The van der Waals surface area contributed by atoms with Crippen LogP contribution in [0.2, 0.25) is 5.02 Å². The lowest BCUT2D eigenvalue weighted by atomic mass is 10.2. The summed E-state index contributed by atoms with van der Waals surface area (Å²) in [5.74, 6) is 0.0781. The first-order chi connectivity index (χ1) is 10.5. The highest BCUT2D eigenvalue weighted by molar-refractivity contribution is 6.33. The minimum atomic E-state index is -0.380. The molecule has 0 bridgehead atoms. The zero-order chi connectivity index (χ0) is 15.7. The molecule has 3 rings (SSSR count). The molecule has 0 spiro atoms. The average Bonchev–Trinajstić information content (AvgIpc) is 2.46. The third-order valence-electron chi connectivity index (χ3n) is 2.88. The molecule has 2 heterocycles. The lowest BCUT2D eigenvalue weighted by Crippen LogP contribution is -2.14. The number of amides is 1. The molecule has 0 saturated carbocycles. The molecular formula is C14H10ClN5O2. The Hall–Kier alpha value is -2.80. The molecule has 1 amide bonds. The van der Waals surface area contributed by atoms with Gasteiger partial charge >= 0.3 is 0 Å². The number of hydrogen-bond donors (Lipinski definition) is 2. The first kappa shape index (κ1) is 14.2. The Morgan fingerprint density at radius 1 is 1.27 bits per heavy atom. The van der Waals surface area contributed by atoms with Gasteiger partial charge in [-0.1, -0.05) is 23.7 Å². The number of rotatable bonds is 2. The number of benzene rings is 1. The summed E-state index contributed by atoms with van der Waals surface area (Å²) in [6, 6.07) is 7.00. The van der Waals surface area contributed by atoms with Gasteiger partial charge in [-0.05, 0) is 12.1 Å². The largest absolute Gasteiger partial charge is 0.306 e. The number of anilines is 1. The van der Waals surface area contributed by atoms with Crippen molar-refractivity contribution in [2.75, 3.05) is 5.32 Å². The number of aromatic nitrogens is 4. The summed E-state index contributed by atoms with van der Waals surface area (Å²) < 4.78 is 0. The van der Waals surface area contributed by atoms with Crippen LogP contribution in [0.5, 0.6) is 0 Å². The summed E-state index contributed by atoms with van der Waals surface area (Å²) in [6.45, 7) is 1.34. The fourth-order valence-corrected chi connectivity index (χ4v) is 2.15. The molecule has 110 valence electrons. The van der Waals surface area contributed by atoms with Crippen molar-refractivity contribution in [1.29, 1.82) is 0 Å². The molecule has 0 aliphatic rings. The van der Waals surface area contributed by atoms with Crippen LogP contribution in [-0.2, 0) is 4.79 Å². The van der Waals surface area contributed by atoms with Crippen LogP contribution in [0.15, 0.2) is 35.3 Å². The summed E-state index contributed by atoms with van der Waals surface area (Å²) in [5, 5.41) is 3.13. The summed E-state index contributed by atoms with van der Waals surface area (Å²) in [6.07, 6.45) is 1.32. The molecule has 1 aromatic carbocycles. The van der Waals surface area contributed by atoms with Gasteiger partial charge in [-0.15, -0.1) is 0 Å². The standard InChI is InChI=1S/C14H10ClN5O2/c1-7(21)17-14-16-6-9-12(20-14)18-11(19-13(9)22)8-4-2-3-5-10(8)15/h2-6H,1H3,(H2,16,17,18,19,20,21,22). The Kier molecular flexibility index (Phi) is 3.56. The van der Waals surface area contributed by atoms with Crippen LogP contribution in [-0.4, -0.2) is 25.8 Å². The number of hydrogen-bond acceptors (Lipinski definition) is 5. The first-order valence-corrected chi connectivity index (χ1v) is 6.72. The second-order valence-electron chi connectivity index (χ2n) is 4.51. The Morgan fingerprint density at radius 2 is 2.05 bits per heavy atom. The normalized spacial score (nSPS) is 10.6. The predicted molar refractivity (Wildman–Crippen MR) is 82.7 cm³/mol. The van der Waals surface area contributed by atoms with Crippen molar-refractivity contribution in [3.63, 3.8) is 0 Å². The number of fused-ring (bicyclic) bond motifs is 1. The van der Waals surface area contributed by atoms with Gasteiger partial charge in [-0.25, -0.2) is 9.97 Å². The van der Waals surface area contributed by atoms with E-state index in [0.717, 1.165) is 0 Å². The lowest BCUT2D eigenvalue weighted by Gasteiger charge is -2.05. The molecule has 22 heavy (non-hydrogen) atoms. The van der Waals surface area contributed by atoms with E-state index < -0.39 is 0 Å². The topological polar surface area (TPSA) is 101 Å². The second kappa shape index (κ2) is 5.53. The highest BCUT2D eigenvalue weighted by atomic mass is 35.5. The molecule has 0 atom stereocenters. The van der Waals surface area contributed by atoms with E-state index in [1.54, 1.807) is 24.3 Å². The highest BCUT2D eigenvalue weighted by Gasteiger charge is 2.11. The number of halogens is 1. The van der Waals surface area contributed by atoms with Crippen molar-refractivity contribution in [1.82, 2.24) is 19.9 Å². The summed E-state index contributed by atoms with van der Waals surface area (Å²) in [5.41, 5.74) is 0.384. The number of nitrogens with zero attached hydrogens (tertiary/aromatic N) is 3. The Balaban J connectivity index is 2.20. The van der Waals surface area contributed by atoms with E-state index in [2.05, 4.69) is 25.3 Å². The molecule has 7 nitrogen and oxygen atoms in total. The molecule has 0 aliphatic heterocycles. The van der Waals surface area contributed by atoms with Crippen molar-refractivity contribution in [2.45, 2.75) is 6.92 Å². The molecule has 0 radical (unpaired) electrons. The van der Waals surface area contributed by atoms with Gasteiger partial charge in [-0.3, -0.25) is 14.9 Å². The molecule has 0 aliphatic carbocycles. The zero-order valence-electron chi connectivity index (χ0n) is 11.4. The monoisotopic (exact) mass is 315 g/mol. The van der Waals surface area contributed by atoms with Crippen LogP contribution in [0.3, 0.4) is 0 Å². The van der Waals surface area contributed by atoms with Gasteiger partial charge in [-0.2, -0.15) is 4.98 Å². The van der Waals surface area contributed by atoms with E-state index in [1.807, 2.05) is 0 Å². The summed E-state index contributed by atoms with van der Waals surface area (Å²) >= 11 is 6.11. The molecule has 2 aromatic heterocycles. The first-order valence-electron chi connectivity index (χ1n) is 6.34. The zero-order valence-corrected chi connectivity index (χ0v) is 12.2. The highest BCUT2D eigenvalue weighted by Crippen LogP contribution is 2.24. The van der Waals surface area contributed by atoms with E-state index in [9.17, 15) is 9.59 Å². The molecule has 2 N–H and O–H groups in total. The fourth-order valence-electron chi connectivity index (χ4n) is 1.93. The molecular weight excluding hydrogens is 306 g/mol. The van der Waals surface area contributed by atoms with E-state index in [0.29, 0.717) is 16.4 Å². The molecule has 8 heteroatoms. The van der Waals surface area contributed by atoms with E-state index in [1.165, 1.54) is 13.1 Å². The third kappa shape index (κ3) is 2.66. The smallest absolute Gasteiger partial charge is 0.262 e. The minimum Gasteiger partial charge on any atom is -0.306 e. The van der Waals surface area contributed by atoms with Crippen molar-refractivity contribution in [3.8, 4) is 11.4 Å². The van der Waals surface area contributed by atoms with Crippen LogP contribution in [0.1, 0.15) is 6.92 Å². The van der Waals surface area contributed by atoms with Crippen LogP contribution in [0.4, 0.5) is 5.95 Å². The summed E-state index contributed by atoms with van der Waals surface area (Å²) in [7, 11) is 0.